The van der Waals surface area contributed by atoms with Gasteiger partial charge in [-0.3, -0.25) is 0 Å². The van der Waals surface area contributed by atoms with Crippen LogP contribution in [0.1, 0.15) is 11.4 Å². The average molecular weight is 366 g/mol. The van der Waals surface area contributed by atoms with Crippen LogP contribution < -0.4 is 10.6 Å². The highest BCUT2D eigenvalue weighted by molar-refractivity contribution is 5.78. The van der Waals surface area contributed by atoms with Gasteiger partial charge < -0.3 is 15.5 Å². The third-order valence-electron chi connectivity index (χ3n) is 3.85. The van der Waals surface area contributed by atoms with Crippen molar-refractivity contribution in [1.82, 2.24) is 24.8 Å². The predicted octanol–water partition coefficient (Wildman–Crippen LogP) is 0.922. The molecule has 3 heterocycles. The monoisotopic (exact) mass is 366 g/mol. The number of nitrogens with zero attached hydrogens (tertiary/aromatic N) is 7. The highest BCUT2D eigenvalue weighted by Crippen LogP contribution is 2.27. The molecule has 1 fully saturated rings. The molecule has 11 heteroatoms. The molecule has 1 aliphatic rings. The van der Waals surface area contributed by atoms with E-state index in [0.717, 1.165) is 12.4 Å². The smallest absolute Gasteiger partial charge is 0.370 e. The number of aliphatic imine (C=N–C) groups is 1. The van der Waals surface area contributed by atoms with Crippen LogP contribution in [0, 0.1) is 0 Å². The van der Waals surface area contributed by atoms with E-state index in [4.69, 9.17) is 5.73 Å². The first-order valence-corrected chi connectivity index (χ1v) is 7.88. The fourth-order valence-corrected chi connectivity index (χ4v) is 2.42. The molecule has 0 saturated carbocycles. The van der Waals surface area contributed by atoms with Crippen LogP contribution in [-0.2, 0) is 12.7 Å². The SMILES string of the molecule is NC(=NCc1ncc(C(F)(F)F)cn1)N1CCN(c2ncccn2)CC1. The van der Waals surface area contributed by atoms with E-state index >= 15 is 0 Å². The summed E-state index contributed by atoms with van der Waals surface area (Å²) >= 11 is 0. The molecule has 0 spiro atoms. The molecule has 0 radical (unpaired) electrons. The van der Waals surface area contributed by atoms with Gasteiger partial charge in [0.15, 0.2) is 5.96 Å². The third kappa shape index (κ3) is 4.35. The fourth-order valence-electron chi connectivity index (χ4n) is 2.42. The summed E-state index contributed by atoms with van der Waals surface area (Å²) < 4.78 is 37.5. The minimum atomic E-state index is -4.46. The first kappa shape index (κ1) is 17.8. The first-order chi connectivity index (χ1) is 12.4. The maximum absolute atomic E-state index is 12.5. The predicted molar refractivity (Wildman–Crippen MR) is 88.2 cm³/mol. The van der Waals surface area contributed by atoms with Crippen molar-refractivity contribution in [3.63, 3.8) is 0 Å². The average Bonchev–Trinajstić information content (AvgIpc) is 2.66. The van der Waals surface area contributed by atoms with Crippen molar-refractivity contribution < 1.29 is 13.2 Å². The number of guanidine groups is 1. The lowest BCUT2D eigenvalue weighted by molar-refractivity contribution is -0.138. The fraction of sp³-hybridized carbons (Fsp3) is 0.400. The molecule has 0 aliphatic carbocycles. The van der Waals surface area contributed by atoms with E-state index in [1.165, 1.54) is 0 Å². The maximum Gasteiger partial charge on any atom is 0.419 e. The number of hydrogen-bond acceptors (Lipinski definition) is 6. The number of hydrogen-bond donors (Lipinski definition) is 1. The molecule has 1 saturated heterocycles. The van der Waals surface area contributed by atoms with Crippen LogP contribution in [-0.4, -0.2) is 57.0 Å². The van der Waals surface area contributed by atoms with Crippen molar-refractivity contribution in [2.24, 2.45) is 10.7 Å². The van der Waals surface area contributed by atoms with Crippen LogP contribution in [0.25, 0.3) is 0 Å². The van der Waals surface area contributed by atoms with Crippen molar-refractivity contribution in [2.45, 2.75) is 12.7 Å². The van der Waals surface area contributed by atoms with Gasteiger partial charge in [0.1, 0.15) is 12.4 Å². The lowest BCUT2D eigenvalue weighted by Crippen LogP contribution is -2.51. The van der Waals surface area contributed by atoms with E-state index in [2.05, 4.69) is 24.9 Å². The molecule has 1 aliphatic heterocycles. The molecule has 2 aromatic rings. The van der Waals surface area contributed by atoms with Gasteiger partial charge in [0.2, 0.25) is 5.95 Å². The standard InChI is InChI=1S/C15H17F3N8/c16-15(17,18)11-8-22-12(23-9-11)10-24-13(19)25-4-6-26(7-5-25)14-20-2-1-3-21-14/h1-3,8-9H,4-7,10H2,(H2,19,24). The van der Waals surface area contributed by atoms with E-state index < -0.39 is 11.7 Å². The molecule has 0 unspecified atom stereocenters. The Morgan fingerprint density at radius 1 is 1.04 bits per heavy atom. The summed E-state index contributed by atoms with van der Waals surface area (Å²) in [4.78, 5) is 23.9. The molecule has 3 rings (SSSR count). The summed E-state index contributed by atoms with van der Waals surface area (Å²) in [5.41, 5.74) is 5.08. The second kappa shape index (κ2) is 7.50. The zero-order valence-electron chi connectivity index (χ0n) is 13.8. The highest BCUT2D eigenvalue weighted by atomic mass is 19.4. The van der Waals surface area contributed by atoms with Crippen LogP contribution in [0.4, 0.5) is 19.1 Å². The molecule has 0 aromatic carbocycles. The number of piperazine rings is 1. The highest BCUT2D eigenvalue weighted by Gasteiger charge is 2.31. The minimum absolute atomic E-state index is 0.0198. The van der Waals surface area contributed by atoms with Crippen molar-refractivity contribution in [3.05, 3.63) is 42.2 Å². The molecule has 0 bridgehead atoms. The van der Waals surface area contributed by atoms with Crippen molar-refractivity contribution in [3.8, 4) is 0 Å². The summed E-state index contributed by atoms with van der Waals surface area (Å²) in [5, 5.41) is 0. The molecule has 138 valence electrons. The van der Waals surface area contributed by atoms with Gasteiger partial charge >= 0.3 is 6.18 Å². The third-order valence-corrected chi connectivity index (χ3v) is 3.85. The van der Waals surface area contributed by atoms with Crippen LogP contribution in [0.2, 0.25) is 0 Å². The van der Waals surface area contributed by atoms with E-state index in [0.29, 0.717) is 38.1 Å². The Morgan fingerprint density at radius 2 is 1.65 bits per heavy atom. The van der Waals surface area contributed by atoms with E-state index in [-0.39, 0.29) is 12.4 Å². The van der Waals surface area contributed by atoms with Crippen LogP contribution in [0.3, 0.4) is 0 Å². The van der Waals surface area contributed by atoms with Gasteiger partial charge in [0.05, 0.1) is 5.56 Å². The van der Waals surface area contributed by atoms with Gasteiger partial charge in [-0.1, -0.05) is 0 Å². The molecule has 2 aromatic heterocycles. The Morgan fingerprint density at radius 3 is 2.23 bits per heavy atom. The van der Waals surface area contributed by atoms with E-state index in [1.54, 1.807) is 18.5 Å². The molecular weight excluding hydrogens is 349 g/mol. The number of halogens is 3. The van der Waals surface area contributed by atoms with Crippen molar-refractivity contribution in [2.75, 3.05) is 31.1 Å². The Bertz CT molecular complexity index is 740. The molecular formula is C15H17F3N8. The summed E-state index contributed by atoms with van der Waals surface area (Å²) in [7, 11) is 0. The number of aromatic nitrogens is 4. The second-order valence-corrected chi connectivity index (χ2v) is 5.58. The Labute approximate surface area is 147 Å². The summed E-state index contributed by atoms with van der Waals surface area (Å²) in [6, 6.07) is 1.76. The molecule has 0 amide bonds. The van der Waals surface area contributed by atoms with Crippen LogP contribution >= 0.6 is 0 Å². The van der Waals surface area contributed by atoms with Crippen LogP contribution in [0.5, 0.6) is 0 Å². The number of alkyl halides is 3. The number of anilines is 1. The largest absolute Gasteiger partial charge is 0.419 e. The van der Waals surface area contributed by atoms with Crippen molar-refractivity contribution in [1.29, 1.82) is 0 Å². The maximum atomic E-state index is 12.5. The van der Waals surface area contributed by atoms with Gasteiger partial charge in [-0.05, 0) is 6.07 Å². The van der Waals surface area contributed by atoms with E-state index in [9.17, 15) is 13.2 Å². The van der Waals surface area contributed by atoms with Gasteiger partial charge in [-0.15, -0.1) is 0 Å². The number of rotatable bonds is 3. The lowest BCUT2D eigenvalue weighted by atomic mass is 10.3. The summed E-state index contributed by atoms with van der Waals surface area (Å²) in [6.45, 7) is 2.68. The summed E-state index contributed by atoms with van der Waals surface area (Å²) in [6.07, 6.45) is 0.408. The molecule has 0 atom stereocenters. The van der Waals surface area contributed by atoms with Gasteiger partial charge in [-0.25, -0.2) is 24.9 Å². The normalized spacial score (nSPS) is 16.0. The summed E-state index contributed by atoms with van der Waals surface area (Å²) in [5.74, 6) is 1.15. The quantitative estimate of drug-likeness (QED) is 0.637. The molecule has 8 nitrogen and oxygen atoms in total. The zero-order chi connectivity index (χ0) is 18.6. The van der Waals surface area contributed by atoms with E-state index in [1.807, 2.05) is 9.80 Å². The zero-order valence-corrected chi connectivity index (χ0v) is 13.8. The second-order valence-electron chi connectivity index (χ2n) is 5.58. The molecule has 2 N–H and O–H groups in total. The first-order valence-electron chi connectivity index (χ1n) is 7.88. The van der Waals surface area contributed by atoms with Crippen LogP contribution in [0.15, 0.2) is 35.8 Å². The lowest BCUT2D eigenvalue weighted by Gasteiger charge is -2.35. The van der Waals surface area contributed by atoms with Gasteiger partial charge in [0.25, 0.3) is 0 Å². The molecule has 26 heavy (non-hydrogen) atoms. The number of nitrogens with two attached hydrogens (primary N) is 1. The Hall–Kier alpha value is -2.98. The topological polar surface area (TPSA) is 96.4 Å². The van der Waals surface area contributed by atoms with Gasteiger partial charge in [-0.2, -0.15) is 13.2 Å². The Balaban J connectivity index is 1.54. The minimum Gasteiger partial charge on any atom is -0.370 e. The van der Waals surface area contributed by atoms with Crippen molar-refractivity contribution >= 4 is 11.9 Å². The van der Waals surface area contributed by atoms with Gasteiger partial charge in [0, 0.05) is 51.0 Å². The Kier molecular flexibility index (Phi) is 5.14.